The first kappa shape index (κ1) is 12.5. The molecule has 88 valence electrons. The molecule has 1 aromatic carbocycles. The lowest BCUT2D eigenvalue weighted by molar-refractivity contribution is -0.120. The Hall–Kier alpha value is -1.55. The highest BCUT2D eigenvalue weighted by Gasteiger charge is 2.17. The number of rotatable bonds is 5. The number of benzene rings is 1. The van der Waals surface area contributed by atoms with E-state index in [-0.39, 0.29) is 18.0 Å². The van der Waals surface area contributed by atoms with Crippen LogP contribution in [0.15, 0.2) is 30.3 Å². The molecule has 1 aromatic rings. The maximum atomic E-state index is 11.6. The molecule has 0 atom stereocenters. The summed E-state index contributed by atoms with van der Waals surface area (Å²) >= 11 is 0. The number of anilines is 1. The Morgan fingerprint density at radius 2 is 1.94 bits per heavy atom. The van der Waals surface area contributed by atoms with Gasteiger partial charge in [-0.25, -0.2) is 0 Å². The zero-order valence-electron chi connectivity index (χ0n) is 9.79. The Labute approximate surface area is 96.2 Å². The molecule has 0 aliphatic heterocycles. The third kappa shape index (κ3) is 4.31. The second-order valence-corrected chi connectivity index (χ2v) is 4.36. The first-order chi connectivity index (χ1) is 7.53. The van der Waals surface area contributed by atoms with Gasteiger partial charge in [0.25, 0.3) is 0 Å². The summed E-state index contributed by atoms with van der Waals surface area (Å²) < 4.78 is 0. The van der Waals surface area contributed by atoms with E-state index in [2.05, 4.69) is 10.6 Å². The molecule has 0 radical (unpaired) electrons. The van der Waals surface area contributed by atoms with Gasteiger partial charge in [-0.05, 0) is 26.0 Å². The van der Waals surface area contributed by atoms with Crippen molar-refractivity contribution in [3.8, 4) is 0 Å². The van der Waals surface area contributed by atoms with Crippen LogP contribution in [0.5, 0.6) is 0 Å². The number of hydrogen-bond acceptors (Lipinski definition) is 3. The van der Waals surface area contributed by atoms with Gasteiger partial charge in [0.1, 0.15) is 0 Å². The molecule has 0 unspecified atom stereocenters. The lowest BCUT2D eigenvalue weighted by atomic mass is 10.1. The van der Waals surface area contributed by atoms with E-state index in [1.165, 1.54) is 0 Å². The van der Waals surface area contributed by atoms with Crippen molar-refractivity contribution in [2.24, 2.45) is 5.73 Å². The lowest BCUT2D eigenvalue weighted by Crippen LogP contribution is -2.50. The molecule has 0 saturated heterocycles. The molecule has 4 heteroatoms. The highest BCUT2D eigenvalue weighted by atomic mass is 16.2. The van der Waals surface area contributed by atoms with Crippen LogP contribution in [0.4, 0.5) is 5.69 Å². The van der Waals surface area contributed by atoms with Crippen molar-refractivity contribution in [1.82, 2.24) is 5.32 Å². The average Bonchev–Trinajstić information content (AvgIpc) is 2.27. The van der Waals surface area contributed by atoms with Crippen molar-refractivity contribution in [2.75, 3.05) is 18.4 Å². The number of carbonyl (C=O) groups excluding carboxylic acids is 1. The lowest BCUT2D eigenvalue weighted by Gasteiger charge is -2.24. The standard InChI is InChI=1S/C12H19N3O/c1-12(2,9-13)15-11(16)8-14-10-6-4-3-5-7-10/h3-7,14H,8-9,13H2,1-2H3,(H,15,16). The summed E-state index contributed by atoms with van der Waals surface area (Å²) in [7, 11) is 0. The van der Waals surface area contributed by atoms with Gasteiger partial charge < -0.3 is 16.4 Å². The van der Waals surface area contributed by atoms with E-state index in [1.54, 1.807) is 0 Å². The maximum Gasteiger partial charge on any atom is 0.239 e. The molecular weight excluding hydrogens is 202 g/mol. The zero-order valence-corrected chi connectivity index (χ0v) is 9.79. The Bertz CT molecular complexity index is 335. The van der Waals surface area contributed by atoms with E-state index in [0.717, 1.165) is 5.69 Å². The SMILES string of the molecule is CC(C)(CN)NC(=O)CNc1ccccc1. The van der Waals surface area contributed by atoms with Crippen LogP contribution in [-0.4, -0.2) is 24.5 Å². The molecule has 4 nitrogen and oxygen atoms in total. The van der Waals surface area contributed by atoms with Crippen LogP contribution < -0.4 is 16.4 Å². The Morgan fingerprint density at radius 1 is 1.31 bits per heavy atom. The minimum Gasteiger partial charge on any atom is -0.376 e. The van der Waals surface area contributed by atoms with Gasteiger partial charge in [-0.15, -0.1) is 0 Å². The minimum atomic E-state index is -0.352. The topological polar surface area (TPSA) is 67.1 Å². The number of carbonyl (C=O) groups is 1. The van der Waals surface area contributed by atoms with Crippen LogP contribution in [0.3, 0.4) is 0 Å². The highest BCUT2D eigenvalue weighted by Crippen LogP contribution is 2.04. The highest BCUT2D eigenvalue weighted by molar-refractivity contribution is 5.81. The molecule has 0 bridgehead atoms. The molecule has 0 fully saturated rings. The number of nitrogens with one attached hydrogen (secondary N) is 2. The summed E-state index contributed by atoms with van der Waals surface area (Å²) in [5.74, 6) is -0.0562. The molecule has 0 aliphatic carbocycles. The fourth-order valence-corrected chi connectivity index (χ4v) is 1.21. The molecule has 0 saturated carbocycles. The molecular formula is C12H19N3O. The molecule has 4 N–H and O–H groups in total. The second-order valence-electron chi connectivity index (χ2n) is 4.36. The molecule has 1 amide bonds. The van der Waals surface area contributed by atoms with Crippen molar-refractivity contribution >= 4 is 11.6 Å². The van der Waals surface area contributed by atoms with Crippen molar-refractivity contribution in [3.63, 3.8) is 0 Å². The monoisotopic (exact) mass is 221 g/mol. The van der Waals surface area contributed by atoms with Crippen LogP contribution in [-0.2, 0) is 4.79 Å². The molecule has 0 aliphatic rings. The van der Waals surface area contributed by atoms with Crippen LogP contribution in [0, 0.1) is 0 Å². The number of para-hydroxylation sites is 1. The van der Waals surface area contributed by atoms with E-state index in [9.17, 15) is 4.79 Å². The van der Waals surface area contributed by atoms with Crippen LogP contribution in [0.2, 0.25) is 0 Å². The normalized spacial score (nSPS) is 10.9. The number of hydrogen-bond donors (Lipinski definition) is 3. The van der Waals surface area contributed by atoms with Crippen LogP contribution in [0.25, 0.3) is 0 Å². The quantitative estimate of drug-likeness (QED) is 0.693. The van der Waals surface area contributed by atoms with Crippen molar-refractivity contribution in [1.29, 1.82) is 0 Å². The predicted octanol–water partition coefficient (Wildman–Crippen LogP) is 0.952. The fourth-order valence-electron chi connectivity index (χ4n) is 1.21. The molecule has 0 spiro atoms. The minimum absolute atomic E-state index is 0.0562. The van der Waals surface area contributed by atoms with Gasteiger partial charge in [0.05, 0.1) is 6.54 Å². The van der Waals surface area contributed by atoms with E-state index in [1.807, 2.05) is 44.2 Å². The smallest absolute Gasteiger partial charge is 0.239 e. The van der Waals surface area contributed by atoms with E-state index >= 15 is 0 Å². The largest absolute Gasteiger partial charge is 0.376 e. The van der Waals surface area contributed by atoms with Gasteiger partial charge in [-0.2, -0.15) is 0 Å². The van der Waals surface area contributed by atoms with Crippen LogP contribution >= 0.6 is 0 Å². The molecule has 1 rings (SSSR count). The first-order valence-electron chi connectivity index (χ1n) is 5.33. The number of amides is 1. The summed E-state index contributed by atoms with van der Waals surface area (Å²) in [4.78, 5) is 11.6. The number of nitrogens with two attached hydrogens (primary N) is 1. The average molecular weight is 221 g/mol. The molecule has 16 heavy (non-hydrogen) atoms. The van der Waals surface area contributed by atoms with Gasteiger partial charge in [0.2, 0.25) is 5.91 Å². The van der Waals surface area contributed by atoms with Gasteiger partial charge in [0, 0.05) is 17.8 Å². The summed E-state index contributed by atoms with van der Waals surface area (Å²) in [5.41, 5.74) is 6.11. The first-order valence-corrected chi connectivity index (χ1v) is 5.33. The van der Waals surface area contributed by atoms with Gasteiger partial charge in [-0.1, -0.05) is 18.2 Å². The Balaban J connectivity index is 2.36. The maximum absolute atomic E-state index is 11.6. The van der Waals surface area contributed by atoms with Crippen molar-refractivity contribution in [3.05, 3.63) is 30.3 Å². The van der Waals surface area contributed by atoms with E-state index < -0.39 is 0 Å². The van der Waals surface area contributed by atoms with Crippen molar-refractivity contribution < 1.29 is 4.79 Å². The second kappa shape index (κ2) is 5.51. The van der Waals surface area contributed by atoms with Crippen LogP contribution in [0.1, 0.15) is 13.8 Å². The van der Waals surface area contributed by atoms with Gasteiger partial charge in [0.15, 0.2) is 0 Å². The molecule has 0 heterocycles. The van der Waals surface area contributed by atoms with Crippen molar-refractivity contribution in [2.45, 2.75) is 19.4 Å². The summed E-state index contributed by atoms with van der Waals surface area (Å²) in [6.07, 6.45) is 0. The summed E-state index contributed by atoms with van der Waals surface area (Å²) in [5, 5.41) is 5.89. The summed E-state index contributed by atoms with van der Waals surface area (Å²) in [6.45, 7) is 4.47. The predicted molar refractivity (Wildman–Crippen MR) is 66.2 cm³/mol. The zero-order chi connectivity index (χ0) is 12.0. The summed E-state index contributed by atoms with van der Waals surface area (Å²) in [6, 6.07) is 9.61. The van der Waals surface area contributed by atoms with E-state index in [4.69, 9.17) is 5.73 Å². The fraction of sp³-hybridized carbons (Fsp3) is 0.417. The third-order valence-electron chi connectivity index (χ3n) is 2.21. The van der Waals surface area contributed by atoms with Gasteiger partial charge >= 0.3 is 0 Å². The van der Waals surface area contributed by atoms with E-state index in [0.29, 0.717) is 6.54 Å². The third-order valence-corrected chi connectivity index (χ3v) is 2.21. The Kier molecular flexibility index (Phi) is 4.31. The Morgan fingerprint density at radius 3 is 2.50 bits per heavy atom. The molecule has 0 aromatic heterocycles. The van der Waals surface area contributed by atoms with Gasteiger partial charge in [-0.3, -0.25) is 4.79 Å².